The normalized spacial score (nSPS) is 33.0. The number of halogens is 2. The Kier molecular flexibility index (Phi) is 21.4. The van der Waals surface area contributed by atoms with Gasteiger partial charge in [0.25, 0.3) is 0 Å². The first-order valence-electron chi connectivity index (χ1n) is 38.0. The molecule has 1 amide bonds. The molecule has 1 N–H and O–H groups in total. The van der Waals surface area contributed by atoms with Gasteiger partial charge < -0.3 is 33.6 Å². The molecule has 0 aliphatic heterocycles. The Morgan fingerprint density at radius 2 is 1.00 bits per heavy atom. The number of rotatable bonds is 23. The summed E-state index contributed by atoms with van der Waals surface area (Å²) in [5, 5.41) is 23.5. The van der Waals surface area contributed by atoms with E-state index in [0.717, 1.165) is 133 Å². The summed E-state index contributed by atoms with van der Waals surface area (Å²) in [7, 11) is 0. The average Bonchev–Trinajstić information content (AvgIpc) is 1.55. The maximum Gasteiger partial charge on any atom is 0.407 e. The first-order valence-corrected chi connectivity index (χ1v) is 40.3. The predicted octanol–water partition coefficient (Wildman–Crippen LogP) is 16.7. The lowest BCUT2D eigenvalue weighted by Gasteiger charge is -2.61. The van der Waals surface area contributed by atoms with Crippen molar-refractivity contribution < 1.29 is 47.7 Å². The van der Waals surface area contributed by atoms with Crippen LogP contribution in [0.15, 0.2) is 48.8 Å². The Balaban J connectivity index is 0.622. The molecule has 20 heteroatoms. The van der Waals surface area contributed by atoms with E-state index in [1.807, 2.05) is 45.3 Å². The second kappa shape index (κ2) is 29.4. The number of hydrogen-bond acceptors (Lipinski definition) is 14. The number of ether oxygens (including phenoxy) is 5. The Hall–Kier alpha value is -5.37. The molecule has 2 aromatic carbocycles. The third-order valence-electron chi connectivity index (χ3n) is 27.8. The van der Waals surface area contributed by atoms with Crippen molar-refractivity contribution in [2.24, 2.45) is 92.7 Å². The number of carbonyl (C=O) groups is 5. The minimum Gasteiger partial charge on any atom is -0.465 e. The Morgan fingerprint density at radius 3 is 1.43 bits per heavy atom. The molecule has 0 radical (unpaired) electrons. The largest absolute Gasteiger partial charge is 0.465 e. The van der Waals surface area contributed by atoms with Crippen LogP contribution in [0.25, 0.3) is 44.3 Å². The van der Waals surface area contributed by atoms with Gasteiger partial charge in [-0.3, -0.25) is 19.2 Å². The zero-order valence-corrected chi connectivity index (χ0v) is 63.6. The van der Waals surface area contributed by atoms with Crippen LogP contribution in [0.5, 0.6) is 0 Å². The zero-order valence-electron chi connectivity index (χ0n) is 60.4. The van der Waals surface area contributed by atoms with Crippen LogP contribution in [0.2, 0.25) is 0 Å². The second-order valence-electron chi connectivity index (χ2n) is 34.1. The molecule has 8 saturated carbocycles. The SMILES string of the molecule is C[C@H](CCCOC(=O)CBr)C1CC[C@H]2[C@@H]3CC[C@@H]4C[C@H](OC(=O)Cn5cc(-c6ccc7c8ccc(-c9cn(CC(=O)O[C@@H]%10CCC%11(C)C%12CCC%13(C)C([C@H](C)CCCOC(=O)CBr)CC[C@H]%13[C@@H]%12CC[C@H]%11C%10)nn9)cc8n(CCNC(=O)OC(C)(C)C)c7c6)nn5)CCC4(C)C3CCC12C. The van der Waals surface area contributed by atoms with Gasteiger partial charge in [0.1, 0.15) is 52.9 Å². The van der Waals surface area contributed by atoms with Crippen LogP contribution >= 0.6 is 31.9 Å². The number of esters is 4. The van der Waals surface area contributed by atoms with Crippen molar-refractivity contribution in [3.05, 3.63) is 48.8 Å². The van der Waals surface area contributed by atoms with E-state index in [9.17, 15) is 24.0 Å². The molecule has 5 aromatic rings. The highest BCUT2D eigenvalue weighted by atomic mass is 79.9. The Bertz CT molecular complexity index is 3530. The van der Waals surface area contributed by atoms with Crippen LogP contribution in [0.3, 0.4) is 0 Å². The number of carbonyl (C=O) groups excluding carboxylic acids is 5. The second-order valence-corrected chi connectivity index (χ2v) is 35.3. The average molecular weight is 1490 g/mol. The highest BCUT2D eigenvalue weighted by molar-refractivity contribution is 9.09. The van der Waals surface area contributed by atoms with E-state index in [-0.39, 0.29) is 70.7 Å². The van der Waals surface area contributed by atoms with Gasteiger partial charge in [-0.2, -0.15) is 0 Å². The summed E-state index contributed by atoms with van der Waals surface area (Å²) in [4.78, 5) is 64.0. The summed E-state index contributed by atoms with van der Waals surface area (Å²) in [6.07, 6.45) is 28.2. The standard InChI is InChI=1S/C79H110Br2N8O10/c1-48(12-10-36-95-70(90)42-80)60-22-24-62-58-20-16-52-40-54(26-30-76(52,6)64(58)28-32-78(60,62)8)97-72(92)46-87-44-66(83-85-87)50-14-18-56-57-19-15-51(39-69(57)89(68(56)38-50)35-34-82-74(94)99-75(3,4)5)67-45-88(86-84-67)47-73(93)98-55-27-31-77(7)53(41-55)17-21-59-63-25-23-61(79(63,9)33-29-65(59)77)49(2)13-11-37-96-71(91)43-81/h14-15,18-19,38-39,44-45,48-49,52-55,58-65H,10-13,16-17,20-37,40-43,46-47H2,1-9H3,(H,82,94)/t48-,49-,52-,53+,54-,55-,58+,59+,60?,61?,62+,63+,64?,65?,76?,77?,78?,79?/m1/s1. The molecule has 3 heterocycles. The van der Waals surface area contributed by atoms with Crippen LogP contribution < -0.4 is 5.32 Å². The van der Waals surface area contributed by atoms with Crippen LogP contribution in [0.4, 0.5) is 4.79 Å². The summed E-state index contributed by atoms with van der Waals surface area (Å²) in [6.45, 7) is 22.5. The molecule has 8 aliphatic carbocycles. The number of alkyl carbamates (subject to hydrolysis) is 1. The molecule has 8 aliphatic rings. The monoisotopic (exact) mass is 1490 g/mol. The zero-order chi connectivity index (χ0) is 69.8. The third kappa shape index (κ3) is 14.7. The van der Waals surface area contributed by atoms with Crippen molar-refractivity contribution in [3.63, 3.8) is 0 Å². The molecular weight excluding hydrogens is 1380 g/mol. The number of nitrogens with zero attached hydrogens (tertiary/aromatic N) is 7. The van der Waals surface area contributed by atoms with E-state index in [2.05, 4.69) is 128 Å². The molecule has 8 fully saturated rings. The highest BCUT2D eigenvalue weighted by Crippen LogP contribution is 2.70. The Labute approximate surface area is 603 Å². The van der Waals surface area contributed by atoms with Gasteiger partial charge >= 0.3 is 30.0 Å². The van der Waals surface area contributed by atoms with Crippen molar-refractivity contribution in [1.29, 1.82) is 0 Å². The van der Waals surface area contributed by atoms with Gasteiger partial charge in [-0.05, 0) is 267 Å². The molecule has 0 bridgehead atoms. The van der Waals surface area contributed by atoms with Crippen LogP contribution in [0.1, 0.15) is 204 Å². The fourth-order valence-electron chi connectivity index (χ4n) is 23.2. The summed E-state index contributed by atoms with van der Waals surface area (Å²) in [6, 6.07) is 12.4. The maximum atomic E-state index is 13.8. The predicted molar refractivity (Wildman–Crippen MR) is 388 cm³/mol. The van der Waals surface area contributed by atoms with Crippen molar-refractivity contribution >= 4 is 83.6 Å². The molecule has 13 rings (SSSR count). The molecule has 18 atom stereocenters. The van der Waals surface area contributed by atoms with Gasteiger partial charge in [-0.15, -0.1) is 10.2 Å². The van der Waals surface area contributed by atoms with E-state index in [1.54, 1.807) is 9.36 Å². The quantitative estimate of drug-likeness (QED) is 0.0279. The molecule has 0 spiro atoms. The lowest BCUT2D eigenvalue weighted by atomic mass is 9.44. The fraction of sp³-hybridized carbons (Fsp3) is 0.734. The summed E-state index contributed by atoms with van der Waals surface area (Å²) >= 11 is 6.41. The van der Waals surface area contributed by atoms with Crippen molar-refractivity contribution in [1.82, 2.24) is 39.9 Å². The third-order valence-corrected chi connectivity index (χ3v) is 28.7. The van der Waals surface area contributed by atoms with E-state index < -0.39 is 11.7 Å². The molecule has 99 heavy (non-hydrogen) atoms. The van der Waals surface area contributed by atoms with Crippen molar-refractivity contribution in [3.8, 4) is 22.5 Å². The van der Waals surface area contributed by atoms with Crippen molar-refractivity contribution in [2.45, 2.75) is 241 Å². The van der Waals surface area contributed by atoms with E-state index >= 15 is 0 Å². The van der Waals surface area contributed by atoms with E-state index in [4.69, 9.17) is 23.7 Å². The topological polar surface area (TPSA) is 210 Å². The molecular formula is C79H110Br2N8O10. The molecule has 18 nitrogen and oxygen atoms in total. The fourth-order valence-corrected chi connectivity index (χ4v) is 23.6. The van der Waals surface area contributed by atoms with Gasteiger partial charge in [-0.25, -0.2) is 14.2 Å². The summed E-state index contributed by atoms with van der Waals surface area (Å²) < 4.78 is 34.4. The van der Waals surface area contributed by atoms with Gasteiger partial charge in [0.15, 0.2) is 0 Å². The minimum absolute atomic E-state index is 0.0299. The number of alkyl halides is 2. The van der Waals surface area contributed by atoms with Crippen molar-refractivity contribution in [2.75, 3.05) is 30.4 Å². The van der Waals surface area contributed by atoms with E-state index in [1.165, 1.54) is 77.0 Å². The number of fused-ring (bicyclic) bond motifs is 13. The van der Waals surface area contributed by atoms with Gasteiger partial charge in [0.05, 0.1) is 25.6 Å². The molecule has 0 saturated heterocycles. The number of hydrogen-bond donors (Lipinski definition) is 1. The first-order chi connectivity index (χ1) is 47.4. The lowest BCUT2D eigenvalue weighted by molar-refractivity contribution is -0.164. The van der Waals surface area contributed by atoms with Crippen LogP contribution in [0, 0.1) is 92.7 Å². The first kappa shape index (κ1) is 72.0. The Morgan fingerprint density at radius 1 is 0.566 bits per heavy atom. The van der Waals surface area contributed by atoms with Crippen LogP contribution in [-0.4, -0.2) is 113 Å². The molecule has 8 unspecified atom stereocenters. The number of aromatic nitrogens is 7. The number of nitrogens with one attached hydrogen (secondary N) is 1. The van der Waals surface area contributed by atoms with Gasteiger partial charge in [0, 0.05) is 46.0 Å². The summed E-state index contributed by atoms with van der Waals surface area (Å²) in [5.74, 6) is 7.30. The van der Waals surface area contributed by atoms with E-state index in [0.29, 0.717) is 84.0 Å². The highest BCUT2D eigenvalue weighted by Gasteiger charge is 2.63. The van der Waals surface area contributed by atoms with Crippen LogP contribution in [-0.2, 0) is 62.5 Å². The maximum absolute atomic E-state index is 13.8. The smallest absolute Gasteiger partial charge is 0.407 e. The number of benzene rings is 2. The van der Waals surface area contributed by atoms with Gasteiger partial charge in [0.2, 0.25) is 0 Å². The minimum atomic E-state index is -0.652. The summed E-state index contributed by atoms with van der Waals surface area (Å²) in [5.41, 5.74) is 5.38. The van der Waals surface area contributed by atoms with Gasteiger partial charge in [-0.1, -0.05) is 108 Å². The molecule has 3 aromatic heterocycles. The molecule has 540 valence electrons. The number of amides is 1. The lowest BCUT2D eigenvalue weighted by Crippen LogP contribution is -2.54.